The minimum atomic E-state index is -0.139. The molecule has 0 amide bonds. The van der Waals surface area contributed by atoms with Gasteiger partial charge in [0.1, 0.15) is 5.82 Å². The molecule has 0 saturated carbocycles. The molecular formula is C14H22FNOS. The minimum Gasteiger partial charge on any atom is -0.384 e. The summed E-state index contributed by atoms with van der Waals surface area (Å²) in [5.74, 6) is 1.25. The largest absolute Gasteiger partial charge is 0.384 e. The van der Waals surface area contributed by atoms with Crippen molar-refractivity contribution in [2.45, 2.75) is 25.3 Å². The Balaban J connectivity index is 2.45. The standard InChI is InChI=1S/C14H22FNOS/c1-11(2)9-16-10-12-4-5-14(13(15)8-12)18-7-6-17-3/h4-5,8,11,16H,6-7,9-10H2,1-3H3. The molecule has 0 saturated heterocycles. The van der Waals surface area contributed by atoms with Crippen LogP contribution in [0.2, 0.25) is 0 Å². The van der Waals surface area contributed by atoms with E-state index in [9.17, 15) is 4.39 Å². The highest BCUT2D eigenvalue weighted by molar-refractivity contribution is 7.99. The lowest BCUT2D eigenvalue weighted by atomic mass is 10.2. The van der Waals surface area contributed by atoms with Crippen LogP contribution < -0.4 is 5.32 Å². The quantitative estimate of drug-likeness (QED) is 0.579. The van der Waals surface area contributed by atoms with E-state index in [4.69, 9.17) is 4.74 Å². The topological polar surface area (TPSA) is 21.3 Å². The highest BCUT2D eigenvalue weighted by Gasteiger charge is 2.04. The number of hydrogen-bond donors (Lipinski definition) is 1. The first-order valence-corrected chi connectivity index (χ1v) is 7.23. The summed E-state index contributed by atoms with van der Waals surface area (Å²) in [4.78, 5) is 0.694. The van der Waals surface area contributed by atoms with Crippen LogP contribution in [-0.4, -0.2) is 26.0 Å². The predicted molar refractivity (Wildman–Crippen MR) is 75.5 cm³/mol. The highest BCUT2D eigenvalue weighted by atomic mass is 32.2. The molecule has 0 aliphatic carbocycles. The van der Waals surface area contributed by atoms with Gasteiger partial charge in [0.2, 0.25) is 0 Å². The molecule has 2 nitrogen and oxygen atoms in total. The molecule has 4 heteroatoms. The third kappa shape index (κ3) is 5.85. The summed E-state index contributed by atoms with van der Waals surface area (Å²) >= 11 is 1.49. The van der Waals surface area contributed by atoms with Crippen LogP contribution in [0.5, 0.6) is 0 Å². The van der Waals surface area contributed by atoms with Gasteiger partial charge in [0.05, 0.1) is 6.61 Å². The molecule has 0 aromatic heterocycles. The van der Waals surface area contributed by atoms with E-state index >= 15 is 0 Å². The second-order valence-corrected chi connectivity index (χ2v) is 5.77. The van der Waals surface area contributed by atoms with Crippen molar-refractivity contribution in [2.24, 2.45) is 5.92 Å². The van der Waals surface area contributed by atoms with Crippen LogP contribution in [0.15, 0.2) is 23.1 Å². The van der Waals surface area contributed by atoms with Crippen molar-refractivity contribution in [2.75, 3.05) is 26.0 Å². The molecule has 0 aliphatic rings. The number of nitrogens with one attached hydrogen (secondary N) is 1. The van der Waals surface area contributed by atoms with E-state index in [2.05, 4.69) is 19.2 Å². The smallest absolute Gasteiger partial charge is 0.137 e. The minimum absolute atomic E-state index is 0.139. The van der Waals surface area contributed by atoms with Gasteiger partial charge in [-0.2, -0.15) is 0 Å². The number of benzene rings is 1. The lowest BCUT2D eigenvalue weighted by molar-refractivity contribution is 0.218. The molecule has 0 spiro atoms. The number of ether oxygens (including phenoxy) is 1. The first-order chi connectivity index (χ1) is 8.63. The van der Waals surface area contributed by atoms with Gasteiger partial charge in [0.15, 0.2) is 0 Å². The van der Waals surface area contributed by atoms with Gasteiger partial charge in [-0.25, -0.2) is 4.39 Å². The van der Waals surface area contributed by atoms with E-state index in [0.29, 0.717) is 17.4 Å². The summed E-state index contributed by atoms with van der Waals surface area (Å²) in [5, 5.41) is 3.31. The van der Waals surface area contributed by atoms with Gasteiger partial charge in [0, 0.05) is 24.3 Å². The van der Waals surface area contributed by atoms with Crippen molar-refractivity contribution >= 4 is 11.8 Å². The second-order valence-electron chi connectivity index (χ2n) is 4.63. The Hall–Kier alpha value is -0.580. The van der Waals surface area contributed by atoms with Gasteiger partial charge >= 0.3 is 0 Å². The molecule has 1 aromatic carbocycles. The van der Waals surface area contributed by atoms with E-state index in [1.807, 2.05) is 12.1 Å². The maximum Gasteiger partial charge on any atom is 0.137 e. The number of methoxy groups -OCH3 is 1. The maximum atomic E-state index is 13.8. The third-order valence-electron chi connectivity index (χ3n) is 2.42. The van der Waals surface area contributed by atoms with Crippen LogP contribution in [0.25, 0.3) is 0 Å². The average molecular weight is 271 g/mol. The normalized spacial score (nSPS) is 11.2. The van der Waals surface area contributed by atoms with E-state index in [1.54, 1.807) is 13.2 Å². The summed E-state index contributed by atoms with van der Waals surface area (Å²) in [5.41, 5.74) is 0.990. The predicted octanol–water partition coefficient (Wildman–Crippen LogP) is 3.31. The van der Waals surface area contributed by atoms with E-state index in [-0.39, 0.29) is 5.82 Å². The van der Waals surface area contributed by atoms with Gasteiger partial charge in [-0.3, -0.25) is 0 Å². The summed E-state index contributed by atoms with van der Waals surface area (Å²) < 4.78 is 18.7. The molecule has 0 radical (unpaired) electrons. The van der Waals surface area contributed by atoms with Crippen molar-refractivity contribution < 1.29 is 9.13 Å². The maximum absolute atomic E-state index is 13.8. The van der Waals surface area contributed by atoms with Crippen molar-refractivity contribution in [3.63, 3.8) is 0 Å². The summed E-state index contributed by atoms with van der Waals surface area (Å²) in [6.07, 6.45) is 0. The number of thioether (sulfide) groups is 1. The molecule has 1 rings (SSSR count). The van der Waals surface area contributed by atoms with E-state index in [0.717, 1.165) is 24.4 Å². The zero-order valence-electron chi connectivity index (χ0n) is 11.3. The van der Waals surface area contributed by atoms with E-state index in [1.165, 1.54) is 11.8 Å². The molecular weight excluding hydrogens is 249 g/mol. The van der Waals surface area contributed by atoms with Gasteiger partial charge < -0.3 is 10.1 Å². The number of hydrogen-bond acceptors (Lipinski definition) is 3. The number of halogens is 1. The van der Waals surface area contributed by atoms with Crippen molar-refractivity contribution in [1.29, 1.82) is 0 Å². The molecule has 0 aliphatic heterocycles. The molecule has 18 heavy (non-hydrogen) atoms. The van der Waals surface area contributed by atoms with Crippen LogP contribution in [0.4, 0.5) is 4.39 Å². The molecule has 0 fully saturated rings. The van der Waals surface area contributed by atoms with Gasteiger partial charge in [-0.05, 0) is 30.2 Å². The molecule has 1 N–H and O–H groups in total. The highest BCUT2D eigenvalue weighted by Crippen LogP contribution is 2.22. The first kappa shape index (κ1) is 15.5. The van der Waals surface area contributed by atoms with Crippen LogP contribution in [0.3, 0.4) is 0 Å². The zero-order chi connectivity index (χ0) is 13.4. The molecule has 1 aromatic rings. The summed E-state index contributed by atoms with van der Waals surface area (Å²) in [7, 11) is 1.65. The average Bonchev–Trinajstić information content (AvgIpc) is 2.31. The zero-order valence-corrected chi connectivity index (χ0v) is 12.1. The third-order valence-corrected chi connectivity index (χ3v) is 3.44. The van der Waals surface area contributed by atoms with Crippen LogP contribution in [0.1, 0.15) is 19.4 Å². The fraction of sp³-hybridized carbons (Fsp3) is 0.571. The van der Waals surface area contributed by atoms with Crippen molar-refractivity contribution in [3.05, 3.63) is 29.6 Å². The van der Waals surface area contributed by atoms with Crippen molar-refractivity contribution in [1.82, 2.24) is 5.32 Å². The van der Waals surface area contributed by atoms with Gasteiger partial charge in [-0.1, -0.05) is 19.9 Å². The Morgan fingerprint density at radius 3 is 2.78 bits per heavy atom. The Morgan fingerprint density at radius 2 is 2.17 bits per heavy atom. The fourth-order valence-electron chi connectivity index (χ4n) is 1.51. The lowest BCUT2D eigenvalue weighted by Crippen LogP contribution is -2.19. The second kappa shape index (κ2) is 8.51. The molecule has 0 unspecified atom stereocenters. The van der Waals surface area contributed by atoms with Crippen LogP contribution in [0, 0.1) is 11.7 Å². The summed E-state index contributed by atoms with van der Waals surface area (Å²) in [6.45, 7) is 6.62. The Bertz CT molecular complexity index is 358. The van der Waals surface area contributed by atoms with E-state index < -0.39 is 0 Å². The SMILES string of the molecule is COCCSc1ccc(CNCC(C)C)cc1F. The van der Waals surface area contributed by atoms with Gasteiger partial charge in [-0.15, -0.1) is 11.8 Å². The van der Waals surface area contributed by atoms with Crippen LogP contribution in [-0.2, 0) is 11.3 Å². The lowest BCUT2D eigenvalue weighted by Gasteiger charge is -2.09. The molecule has 0 heterocycles. The van der Waals surface area contributed by atoms with Crippen LogP contribution >= 0.6 is 11.8 Å². The van der Waals surface area contributed by atoms with Gasteiger partial charge in [0.25, 0.3) is 0 Å². The Labute approximate surface area is 113 Å². The molecule has 0 atom stereocenters. The fourth-order valence-corrected chi connectivity index (χ4v) is 2.34. The molecule has 0 bridgehead atoms. The first-order valence-electron chi connectivity index (χ1n) is 6.24. The Kier molecular flexibility index (Phi) is 7.32. The molecule has 102 valence electrons. The Morgan fingerprint density at radius 1 is 1.39 bits per heavy atom. The monoisotopic (exact) mass is 271 g/mol. The van der Waals surface area contributed by atoms with Crippen molar-refractivity contribution in [3.8, 4) is 0 Å². The number of rotatable bonds is 8. The summed E-state index contributed by atoms with van der Waals surface area (Å²) in [6, 6.07) is 5.44.